The molecule has 0 bridgehead atoms. The number of nitrogens with two attached hydrogens (primary N) is 1. The molecule has 0 spiro atoms. The van der Waals surface area contributed by atoms with E-state index in [4.69, 9.17) is 10.7 Å². The summed E-state index contributed by atoms with van der Waals surface area (Å²) in [6.07, 6.45) is 2.68. The van der Waals surface area contributed by atoms with Crippen LogP contribution in [0.25, 0.3) is 11.1 Å². The number of carbonyl (C=O) groups is 1. The molecule has 0 fully saturated rings. The third-order valence-electron chi connectivity index (χ3n) is 5.92. The first-order valence-electron chi connectivity index (χ1n) is 11.7. The van der Waals surface area contributed by atoms with E-state index in [1.807, 2.05) is 48.5 Å². The fraction of sp³-hybridized carbons (Fsp3) is 0.207. The molecule has 5 heteroatoms. The number of anilines is 2. The molecule has 0 aliphatic heterocycles. The van der Waals surface area contributed by atoms with Gasteiger partial charge in [-0.2, -0.15) is 0 Å². The average Bonchev–Trinajstić information content (AvgIpc) is 2.89. The van der Waals surface area contributed by atoms with Gasteiger partial charge >= 0.3 is 0 Å². The van der Waals surface area contributed by atoms with Gasteiger partial charge in [-0.15, -0.1) is 0 Å². The number of nitrogens with zero attached hydrogens (tertiary/aromatic N) is 3. The molecule has 4 aromatic rings. The smallest absolute Gasteiger partial charge is 0.215 e. The minimum atomic E-state index is -0.225. The Bertz CT molecular complexity index is 1240. The normalized spacial score (nSPS) is 11.7. The number of ketones is 1. The number of pyridine rings is 2. The molecule has 34 heavy (non-hydrogen) atoms. The fourth-order valence-corrected chi connectivity index (χ4v) is 4.10. The largest absolute Gasteiger partial charge is 0.383 e. The lowest BCUT2D eigenvalue weighted by atomic mass is 10.0. The summed E-state index contributed by atoms with van der Waals surface area (Å²) in [4.78, 5) is 24.7. The molecule has 2 aromatic heterocycles. The van der Waals surface area contributed by atoms with Crippen molar-refractivity contribution in [2.75, 3.05) is 23.7 Å². The molecule has 0 aliphatic carbocycles. The summed E-state index contributed by atoms with van der Waals surface area (Å²) in [5.41, 5.74) is 9.96. The molecule has 172 valence electrons. The molecule has 0 amide bonds. The Balaban J connectivity index is 1.61. The second kappa shape index (κ2) is 10.8. The number of hydrogen-bond donors (Lipinski definition) is 1. The van der Waals surface area contributed by atoms with Crippen LogP contribution in [0.3, 0.4) is 0 Å². The molecule has 1 unspecified atom stereocenters. The molecule has 4 rings (SSSR count). The lowest BCUT2D eigenvalue weighted by Crippen LogP contribution is -2.29. The first-order chi connectivity index (χ1) is 16.6. The topological polar surface area (TPSA) is 72.1 Å². The lowest BCUT2D eigenvalue weighted by Gasteiger charge is -2.27. The van der Waals surface area contributed by atoms with Crippen LogP contribution in [0.5, 0.6) is 0 Å². The molecule has 5 nitrogen and oxygen atoms in total. The summed E-state index contributed by atoms with van der Waals surface area (Å²) in [5, 5.41) is 0. The molecule has 0 saturated heterocycles. The Hall–Kier alpha value is -3.99. The van der Waals surface area contributed by atoms with Crippen molar-refractivity contribution < 1.29 is 4.79 Å². The lowest BCUT2D eigenvalue weighted by molar-refractivity contribution is 0.103. The van der Waals surface area contributed by atoms with Crippen LogP contribution in [-0.2, 0) is 0 Å². The van der Waals surface area contributed by atoms with E-state index in [-0.39, 0.29) is 11.6 Å². The van der Waals surface area contributed by atoms with E-state index in [2.05, 4.69) is 48.0 Å². The highest BCUT2D eigenvalue weighted by molar-refractivity contribution is 6.11. The van der Waals surface area contributed by atoms with Crippen LogP contribution in [-0.4, -0.2) is 28.8 Å². The summed E-state index contributed by atoms with van der Waals surface area (Å²) >= 11 is 0. The highest BCUT2D eigenvalue weighted by Gasteiger charge is 2.19. The van der Waals surface area contributed by atoms with Gasteiger partial charge in [0.25, 0.3) is 0 Å². The number of carbonyl (C=O) groups excluding carboxylic acids is 1. The van der Waals surface area contributed by atoms with Crippen LogP contribution < -0.4 is 10.6 Å². The molecule has 2 N–H and O–H groups in total. The Labute approximate surface area is 201 Å². The van der Waals surface area contributed by atoms with Crippen molar-refractivity contribution in [3.05, 3.63) is 108 Å². The second-order valence-electron chi connectivity index (χ2n) is 8.49. The summed E-state index contributed by atoms with van der Waals surface area (Å²) in [7, 11) is 0. The van der Waals surface area contributed by atoms with E-state index in [1.165, 1.54) is 5.56 Å². The maximum Gasteiger partial charge on any atom is 0.215 e. The van der Waals surface area contributed by atoms with Crippen molar-refractivity contribution in [3.8, 4) is 11.1 Å². The number of benzene rings is 2. The summed E-state index contributed by atoms with van der Waals surface area (Å²) < 4.78 is 0. The molecule has 2 aromatic carbocycles. The highest BCUT2D eigenvalue weighted by atomic mass is 16.1. The predicted octanol–water partition coefficient (Wildman–Crippen LogP) is 5.98. The van der Waals surface area contributed by atoms with Gasteiger partial charge in [-0.25, -0.2) is 9.97 Å². The first kappa shape index (κ1) is 23.2. The van der Waals surface area contributed by atoms with Crippen molar-refractivity contribution in [1.82, 2.24) is 9.97 Å². The minimum Gasteiger partial charge on any atom is -0.383 e. The van der Waals surface area contributed by atoms with Gasteiger partial charge < -0.3 is 10.6 Å². The average molecular weight is 451 g/mol. The van der Waals surface area contributed by atoms with Crippen molar-refractivity contribution in [2.24, 2.45) is 0 Å². The van der Waals surface area contributed by atoms with Crippen molar-refractivity contribution in [3.63, 3.8) is 0 Å². The number of rotatable bonds is 9. The molecule has 2 heterocycles. The van der Waals surface area contributed by atoms with E-state index in [0.717, 1.165) is 36.5 Å². The van der Waals surface area contributed by atoms with E-state index < -0.39 is 0 Å². The number of aromatic nitrogens is 2. The second-order valence-corrected chi connectivity index (χ2v) is 8.49. The molecule has 0 radical (unpaired) electrons. The maximum absolute atomic E-state index is 13.4. The van der Waals surface area contributed by atoms with Crippen LogP contribution in [0, 0.1) is 0 Å². The Morgan fingerprint density at radius 2 is 1.65 bits per heavy atom. The van der Waals surface area contributed by atoms with Gasteiger partial charge in [0.1, 0.15) is 17.3 Å². The van der Waals surface area contributed by atoms with Crippen LogP contribution in [0.15, 0.2) is 91.1 Å². The highest BCUT2D eigenvalue weighted by Crippen LogP contribution is 2.25. The van der Waals surface area contributed by atoms with Crippen LogP contribution in [0.4, 0.5) is 11.6 Å². The monoisotopic (exact) mass is 450 g/mol. The van der Waals surface area contributed by atoms with Gasteiger partial charge in [-0.3, -0.25) is 4.79 Å². The quantitative estimate of drug-likeness (QED) is 0.318. The SMILES string of the molecule is CCCN(CC(C)c1ccccc1)c1cccc(C(=O)c2cc(-c3ccccc3)cnc2N)n1. The summed E-state index contributed by atoms with van der Waals surface area (Å²) in [6.45, 7) is 6.04. The van der Waals surface area contributed by atoms with E-state index in [0.29, 0.717) is 17.2 Å². The molecule has 0 aliphatic rings. The van der Waals surface area contributed by atoms with Crippen LogP contribution >= 0.6 is 0 Å². The van der Waals surface area contributed by atoms with Crippen molar-refractivity contribution >= 4 is 17.4 Å². The Kier molecular flexibility index (Phi) is 7.33. The minimum absolute atomic E-state index is 0.208. The zero-order valence-corrected chi connectivity index (χ0v) is 19.7. The maximum atomic E-state index is 13.4. The standard InChI is InChI=1S/C29H30N4O/c1-3-17-33(20-21(2)22-11-6-4-7-12-22)27-16-10-15-26(32-27)28(34)25-18-24(19-31-29(25)30)23-13-8-5-9-14-23/h4-16,18-19,21H,3,17,20H2,1-2H3,(H2,30,31). The fourth-order valence-electron chi connectivity index (χ4n) is 4.10. The van der Waals surface area contributed by atoms with Gasteiger partial charge in [0, 0.05) is 24.8 Å². The van der Waals surface area contributed by atoms with Gasteiger partial charge in [-0.05, 0) is 41.7 Å². The first-order valence-corrected chi connectivity index (χ1v) is 11.7. The molecular formula is C29H30N4O. The van der Waals surface area contributed by atoms with Gasteiger partial charge in [0.15, 0.2) is 0 Å². The Morgan fingerprint density at radius 1 is 0.941 bits per heavy atom. The summed E-state index contributed by atoms with van der Waals surface area (Å²) in [6, 6.07) is 27.7. The van der Waals surface area contributed by atoms with Crippen molar-refractivity contribution in [1.29, 1.82) is 0 Å². The number of hydrogen-bond acceptors (Lipinski definition) is 5. The molecule has 1 atom stereocenters. The Morgan fingerprint density at radius 3 is 2.35 bits per heavy atom. The van der Waals surface area contributed by atoms with E-state index >= 15 is 0 Å². The molecular weight excluding hydrogens is 420 g/mol. The number of nitrogen functional groups attached to an aromatic ring is 1. The predicted molar refractivity (Wildman–Crippen MR) is 139 cm³/mol. The third kappa shape index (κ3) is 5.31. The molecule has 0 saturated carbocycles. The van der Waals surface area contributed by atoms with E-state index in [9.17, 15) is 4.79 Å². The third-order valence-corrected chi connectivity index (χ3v) is 5.92. The van der Waals surface area contributed by atoms with Gasteiger partial charge in [0.2, 0.25) is 5.78 Å². The zero-order valence-electron chi connectivity index (χ0n) is 19.7. The van der Waals surface area contributed by atoms with Gasteiger partial charge in [-0.1, -0.05) is 80.6 Å². The van der Waals surface area contributed by atoms with Crippen molar-refractivity contribution in [2.45, 2.75) is 26.2 Å². The van der Waals surface area contributed by atoms with Crippen LogP contribution in [0.1, 0.15) is 47.8 Å². The zero-order chi connectivity index (χ0) is 23.9. The van der Waals surface area contributed by atoms with E-state index in [1.54, 1.807) is 18.3 Å². The summed E-state index contributed by atoms with van der Waals surface area (Å²) in [5.74, 6) is 1.11. The van der Waals surface area contributed by atoms with Gasteiger partial charge in [0.05, 0.1) is 5.56 Å². The van der Waals surface area contributed by atoms with Crippen LogP contribution in [0.2, 0.25) is 0 Å².